The van der Waals surface area contributed by atoms with Gasteiger partial charge >= 0.3 is 0 Å². The lowest BCUT2D eigenvalue weighted by atomic mass is 9.89. The molecule has 0 spiro atoms. The summed E-state index contributed by atoms with van der Waals surface area (Å²) >= 11 is 0. The van der Waals surface area contributed by atoms with Crippen LogP contribution in [0.2, 0.25) is 0 Å². The molecule has 0 aromatic carbocycles. The maximum atomic E-state index is 10.5. The number of piperidine rings is 1. The number of pyridine rings is 1. The fourth-order valence-electron chi connectivity index (χ4n) is 3.15. The Hall–Kier alpha value is -1.85. The zero-order chi connectivity index (χ0) is 16.1. The number of likely N-dealkylation sites (tertiary alicyclic amines) is 1. The minimum absolute atomic E-state index is 0.290. The molecule has 0 saturated carbocycles. The van der Waals surface area contributed by atoms with Crippen LogP contribution < -0.4 is 0 Å². The molecule has 2 aromatic heterocycles. The fourth-order valence-corrected chi connectivity index (χ4v) is 3.15. The van der Waals surface area contributed by atoms with Gasteiger partial charge in [-0.25, -0.2) is 9.97 Å². The van der Waals surface area contributed by atoms with Crippen LogP contribution in [0.5, 0.6) is 0 Å². The second-order valence-electron chi connectivity index (χ2n) is 6.13. The molecule has 5 heteroatoms. The third kappa shape index (κ3) is 4.12. The van der Waals surface area contributed by atoms with E-state index in [-0.39, 0.29) is 5.92 Å². The van der Waals surface area contributed by atoms with E-state index < -0.39 is 6.10 Å². The van der Waals surface area contributed by atoms with E-state index >= 15 is 0 Å². The monoisotopic (exact) mass is 312 g/mol. The molecule has 3 rings (SSSR count). The molecule has 2 aromatic rings. The van der Waals surface area contributed by atoms with Gasteiger partial charge in [0.25, 0.3) is 0 Å². The van der Waals surface area contributed by atoms with Gasteiger partial charge in [0.15, 0.2) is 0 Å². The number of hydrogen-bond acceptors (Lipinski definition) is 5. The number of aromatic nitrogens is 3. The molecule has 1 aliphatic heterocycles. The van der Waals surface area contributed by atoms with Gasteiger partial charge in [-0.2, -0.15) is 0 Å². The summed E-state index contributed by atoms with van der Waals surface area (Å²) < 4.78 is 0. The maximum Gasteiger partial charge on any atom is 0.128 e. The fraction of sp³-hybridized carbons (Fsp3) is 0.500. The van der Waals surface area contributed by atoms with E-state index in [0.717, 1.165) is 56.1 Å². The van der Waals surface area contributed by atoms with Crippen LogP contribution in [0.1, 0.15) is 43.1 Å². The van der Waals surface area contributed by atoms with Gasteiger partial charge in [-0.05, 0) is 50.0 Å². The third-order valence-corrected chi connectivity index (χ3v) is 4.53. The minimum atomic E-state index is -0.455. The van der Waals surface area contributed by atoms with Crippen molar-refractivity contribution in [2.45, 2.75) is 38.8 Å². The average Bonchev–Trinajstić information content (AvgIpc) is 2.63. The van der Waals surface area contributed by atoms with Gasteiger partial charge in [0.05, 0.1) is 17.5 Å². The predicted octanol–water partition coefficient (Wildman–Crippen LogP) is 2.38. The van der Waals surface area contributed by atoms with E-state index in [0.29, 0.717) is 0 Å². The normalized spacial score (nSPS) is 18.0. The summed E-state index contributed by atoms with van der Waals surface area (Å²) in [5.41, 5.74) is 1.87. The second kappa shape index (κ2) is 7.62. The van der Waals surface area contributed by atoms with Crippen LogP contribution >= 0.6 is 0 Å². The van der Waals surface area contributed by atoms with Gasteiger partial charge in [0, 0.05) is 25.4 Å². The van der Waals surface area contributed by atoms with Gasteiger partial charge in [0.2, 0.25) is 0 Å². The van der Waals surface area contributed by atoms with Crippen LogP contribution in [-0.2, 0) is 13.0 Å². The third-order valence-electron chi connectivity index (χ3n) is 4.53. The van der Waals surface area contributed by atoms with E-state index in [1.54, 1.807) is 6.20 Å². The van der Waals surface area contributed by atoms with Crippen molar-refractivity contribution < 1.29 is 5.11 Å². The van der Waals surface area contributed by atoms with Crippen molar-refractivity contribution in [1.82, 2.24) is 19.9 Å². The highest BCUT2D eigenvalue weighted by Gasteiger charge is 2.27. The van der Waals surface area contributed by atoms with Crippen LogP contribution in [-0.4, -0.2) is 38.0 Å². The minimum Gasteiger partial charge on any atom is -0.387 e. The van der Waals surface area contributed by atoms with E-state index in [1.165, 1.54) is 0 Å². The van der Waals surface area contributed by atoms with Gasteiger partial charge in [-0.3, -0.25) is 9.88 Å². The summed E-state index contributed by atoms with van der Waals surface area (Å²) in [5, 5.41) is 10.5. The molecule has 0 bridgehead atoms. The quantitative estimate of drug-likeness (QED) is 0.918. The Kier molecular flexibility index (Phi) is 5.31. The molecular weight excluding hydrogens is 288 g/mol. The topological polar surface area (TPSA) is 62.1 Å². The summed E-state index contributed by atoms with van der Waals surface area (Å²) in [6.07, 6.45) is 5.98. The standard InChI is InChI=1S/C18H24N4O/c1-2-17-20-10-6-15(21-17)13-22-11-7-14(8-12-22)18(23)16-5-3-4-9-19-16/h3-6,9-10,14,18,23H,2,7-8,11-13H2,1H3/t18-/m1/s1. The second-order valence-corrected chi connectivity index (χ2v) is 6.13. The Morgan fingerprint density at radius 3 is 2.70 bits per heavy atom. The van der Waals surface area contributed by atoms with Crippen molar-refractivity contribution in [2.75, 3.05) is 13.1 Å². The molecule has 1 fully saturated rings. The van der Waals surface area contributed by atoms with E-state index in [2.05, 4.69) is 26.8 Å². The summed E-state index contributed by atoms with van der Waals surface area (Å²) in [4.78, 5) is 15.5. The first kappa shape index (κ1) is 16.0. The smallest absolute Gasteiger partial charge is 0.128 e. The molecule has 0 unspecified atom stereocenters. The first-order chi connectivity index (χ1) is 11.3. The van der Waals surface area contributed by atoms with Gasteiger partial charge in [-0.15, -0.1) is 0 Å². The van der Waals surface area contributed by atoms with Gasteiger partial charge < -0.3 is 5.11 Å². The maximum absolute atomic E-state index is 10.5. The highest BCUT2D eigenvalue weighted by Crippen LogP contribution is 2.29. The molecule has 23 heavy (non-hydrogen) atoms. The van der Waals surface area contributed by atoms with Crippen LogP contribution in [0.15, 0.2) is 36.7 Å². The molecule has 5 nitrogen and oxygen atoms in total. The van der Waals surface area contributed by atoms with Crippen LogP contribution in [0, 0.1) is 5.92 Å². The Balaban J connectivity index is 1.54. The molecule has 0 radical (unpaired) electrons. The van der Waals surface area contributed by atoms with Crippen molar-refractivity contribution in [3.8, 4) is 0 Å². The molecule has 1 aliphatic rings. The largest absolute Gasteiger partial charge is 0.387 e. The summed E-state index contributed by atoms with van der Waals surface area (Å²) in [5.74, 6) is 1.20. The number of hydrogen-bond donors (Lipinski definition) is 1. The highest BCUT2D eigenvalue weighted by molar-refractivity contribution is 5.08. The summed E-state index contributed by atoms with van der Waals surface area (Å²) in [6.45, 7) is 4.91. The Bertz CT molecular complexity index is 611. The molecule has 3 heterocycles. The zero-order valence-corrected chi connectivity index (χ0v) is 13.6. The first-order valence-electron chi connectivity index (χ1n) is 8.38. The lowest BCUT2D eigenvalue weighted by Crippen LogP contribution is -2.35. The Morgan fingerprint density at radius 1 is 1.17 bits per heavy atom. The van der Waals surface area contributed by atoms with Crippen LogP contribution in [0.3, 0.4) is 0 Å². The van der Waals surface area contributed by atoms with E-state index in [1.807, 2.05) is 30.5 Å². The number of aliphatic hydroxyl groups excluding tert-OH is 1. The first-order valence-corrected chi connectivity index (χ1v) is 8.38. The average molecular weight is 312 g/mol. The summed E-state index contributed by atoms with van der Waals surface area (Å²) in [7, 11) is 0. The summed E-state index contributed by atoms with van der Waals surface area (Å²) in [6, 6.07) is 7.71. The van der Waals surface area contributed by atoms with Crippen molar-refractivity contribution >= 4 is 0 Å². The van der Waals surface area contributed by atoms with Crippen LogP contribution in [0.25, 0.3) is 0 Å². The van der Waals surface area contributed by atoms with Crippen LogP contribution in [0.4, 0.5) is 0 Å². The van der Waals surface area contributed by atoms with Gasteiger partial charge in [0.1, 0.15) is 5.82 Å². The Morgan fingerprint density at radius 2 is 2.00 bits per heavy atom. The molecule has 122 valence electrons. The number of nitrogens with zero attached hydrogens (tertiary/aromatic N) is 4. The van der Waals surface area contributed by atoms with E-state index in [4.69, 9.17) is 0 Å². The molecule has 0 amide bonds. The number of aryl methyl sites for hydroxylation is 1. The highest BCUT2D eigenvalue weighted by atomic mass is 16.3. The van der Waals surface area contributed by atoms with Gasteiger partial charge in [-0.1, -0.05) is 13.0 Å². The van der Waals surface area contributed by atoms with Crippen molar-refractivity contribution in [2.24, 2.45) is 5.92 Å². The van der Waals surface area contributed by atoms with Crippen molar-refractivity contribution in [1.29, 1.82) is 0 Å². The number of rotatable bonds is 5. The van der Waals surface area contributed by atoms with Crippen molar-refractivity contribution in [3.63, 3.8) is 0 Å². The lowest BCUT2D eigenvalue weighted by molar-refractivity contribution is 0.0536. The molecule has 1 atom stereocenters. The lowest BCUT2D eigenvalue weighted by Gasteiger charge is -2.33. The molecular formula is C18H24N4O. The molecule has 1 N–H and O–H groups in total. The predicted molar refractivity (Wildman–Crippen MR) is 88.6 cm³/mol. The molecule has 0 aliphatic carbocycles. The Labute approximate surface area is 137 Å². The van der Waals surface area contributed by atoms with Crippen molar-refractivity contribution in [3.05, 3.63) is 53.9 Å². The zero-order valence-electron chi connectivity index (χ0n) is 13.6. The molecule has 1 saturated heterocycles. The number of aliphatic hydroxyl groups is 1. The van der Waals surface area contributed by atoms with E-state index in [9.17, 15) is 5.11 Å². The SMILES string of the molecule is CCc1nccc(CN2CCC([C@@H](O)c3ccccn3)CC2)n1.